The van der Waals surface area contributed by atoms with Gasteiger partial charge in [0.2, 0.25) is 0 Å². The van der Waals surface area contributed by atoms with Crippen LogP contribution in [0.5, 0.6) is 5.75 Å². The van der Waals surface area contributed by atoms with Gasteiger partial charge in [-0.05, 0) is 26.0 Å². The van der Waals surface area contributed by atoms with E-state index in [1.54, 1.807) is 19.1 Å². The van der Waals surface area contributed by atoms with Crippen molar-refractivity contribution in [3.63, 3.8) is 0 Å². The van der Waals surface area contributed by atoms with Crippen molar-refractivity contribution in [2.45, 2.75) is 31.9 Å². The zero-order valence-corrected chi connectivity index (χ0v) is 9.61. The summed E-state index contributed by atoms with van der Waals surface area (Å²) in [5.41, 5.74) is 5.12. The van der Waals surface area contributed by atoms with E-state index in [2.05, 4.69) is 0 Å². The van der Waals surface area contributed by atoms with Crippen molar-refractivity contribution in [1.82, 2.24) is 0 Å². The molecule has 0 aliphatic heterocycles. The van der Waals surface area contributed by atoms with Crippen LogP contribution in [0.2, 0.25) is 0 Å². The topological polar surface area (TPSA) is 55.5 Å². The number of benzene rings is 1. The van der Waals surface area contributed by atoms with Gasteiger partial charge in [-0.15, -0.1) is 0 Å². The fourth-order valence-electron chi connectivity index (χ4n) is 1.54. The summed E-state index contributed by atoms with van der Waals surface area (Å²) >= 11 is 0. The molecule has 0 saturated carbocycles. The summed E-state index contributed by atoms with van der Waals surface area (Å²) in [6.45, 7) is 3.48. The first kappa shape index (κ1) is 12.9. The Morgan fingerprint density at radius 2 is 2.25 bits per heavy atom. The second kappa shape index (κ2) is 5.27. The highest BCUT2D eigenvalue weighted by atomic mass is 19.1. The molecule has 0 amide bonds. The maximum absolute atomic E-state index is 12.9. The zero-order chi connectivity index (χ0) is 12.2. The lowest BCUT2D eigenvalue weighted by molar-refractivity contribution is 0.133. The Morgan fingerprint density at radius 1 is 1.56 bits per heavy atom. The molecule has 2 unspecified atom stereocenters. The average molecular weight is 227 g/mol. The SMILES string of the molecule is CC(CC(C)(N)CO)Oc1cccc(F)c1. The molecule has 0 aromatic heterocycles. The number of hydrogen-bond donors (Lipinski definition) is 2. The molecule has 0 fully saturated rings. The third-order valence-electron chi connectivity index (χ3n) is 2.25. The molecule has 0 aliphatic rings. The third kappa shape index (κ3) is 4.16. The third-order valence-corrected chi connectivity index (χ3v) is 2.25. The van der Waals surface area contributed by atoms with E-state index in [0.29, 0.717) is 12.2 Å². The van der Waals surface area contributed by atoms with E-state index < -0.39 is 5.54 Å². The molecular formula is C12H18FNO2. The van der Waals surface area contributed by atoms with Crippen LogP contribution in [0.3, 0.4) is 0 Å². The maximum atomic E-state index is 12.9. The first-order chi connectivity index (χ1) is 7.43. The van der Waals surface area contributed by atoms with E-state index in [9.17, 15) is 4.39 Å². The van der Waals surface area contributed by atoms with E-state index in [4.69, 9.17) is 15.6 Å². The van der Waals surface area contributed by atoms with Crippen molar-refractivity contribution in [1.29, 1.82) is 0 Å². The first-order valence-electron chi connectivity index (χ1n) is 5.25. The molecule has 16 heavy (non-hydrogen) atoms. The van der Waals surface area contributed by atoms with Gasteiger partial charge in [0.1, 0.15) is 11.6 Å². The van der Waals surface area contributed by atoms with Crippen LogP contribution < -0.4 is 10.5 Å². The summed E-state index contributed by atoms with van der Waals surface area (Å²) in [4.78, 5) is 0. The van der Waals surface area contributed by atoms with E-state index in [0.717, 1.165) is 0 Å². The molecule has 3 N–H and O–H groups in total. The summed E-state index contributed by atoms with van der Waals surface area (Å²) in [6.07, 6.45) is 0.323. The summed E-state index contributed by atoms with van der Waals surface area (Å²) in [5, 5.41) is 9.01. The molecule has 0 spiro atoms. The summed E-state index contributed by atoms with van der Waals surface area (Å²) in [7, 11) is 0. The Hall–Kier alpha value is -1.13. The number of rotatable bonds is 5. The van der Waals surface area contributed by atoms with Crippen LogP contribution in [-0.2, 0) is 0 Å². The number of hydrogen-bond acceptors (Lipinski definition) is 3. The number of aliphatic hydroxyl groups is 1. The Balaban J connectivity index is 2.55. The molecule has 0 heterocycles. The minimum atomic E-state index is -0.674. The second-order valence-corrected chi connectivity index (χ2v) is 4.40. The van der Waals surface area contributed by atoms with Crippen LogP contribution in [-0.4, -0.2) is 23.4 Å². The molecule has 0 aliphatic carbocycles. The van der Waals surface area contributed by atoms with Crippen LogP contribution in [0.1, 0.15) is 20.3 Å². The van der Waals surface area contributed by atoms with Crippen molar-refractivity contribution in [2.75, 3.05) is 6.61 Å². The molecule has 1 rings (SSSR count). The number of ether oxygens (including phenoxy) is 1. The Kier molecular flexibility index (Phi) is 4.26. The van der Waals surface area contributed by atoms with E-state index in [1.165, 1.54) is 12.1 Å². The van der Waals surface area contributed by atoms with Crippen LogP contribution in [0, 0.1) is 5.82 Å². The predicted molar refractivity (Wildman–Crippen MR) is 60.8 cm³/mol. The predicted octanol–water partition coefficient (Wildman–Crippen LogP) is 1.69. The molecule has 0 saturated heterocycles. The summed E-state index contributed by atoms with van der Waals surface area (Å²) in [5.74, 6) is 0.142. The van der Waals surface area contributed by atoms with E-state index in [-0.39, 0.29) is 18.5 Å². The Morgan fingerprint density at radius 3 is 2.81 bits per heavy atom. The number of aliphatic hydroxyl groups excluding tert-OH is 1. The Labute approximate surface area is 95.0 Å². The van der Waals surface area contributed by atoms with Crippen molar-refractivity contribution in [2.24, 2.45) is 5.73 Å². The highest BCUT2D eigenvalue weighted by Crippen LogP contribution is 2.17. The normalized spacial score (nSPS) is 16.6. The molecule has 3 nitrogen and oxygen atoms in total. The van der Waals surface area contributed by atoms with Crippen LogP contribution in [0.4, 0.5) is 4.39 Å². The standard InChI is InChI=1S/C12H18FNO2/c1-9(7-12(2,14)8-15)16-11-5-3-4-10(13)6-11/h3-6,9,15H,7-8,14H2,1-2H3. The second-order valence-electron chi connectivity index (χ2n) is 4.40. The molecule has 0 radical (unpaired) electrons. The van der Waals surface area contributed by atoms with Gasteiger partial charge in [0.15, 0.2) is 0 Å². The number of halogens is 1. The summed E-state index contributed by atoms with van der Waals surface area (Å²) in [6, 6.07) is 5.96. The van der Waals surface area contributed by atoms with Gasteiger partial charge >= 0.3 is 0 Å². The molecule has 90 valence electrons. The van der Waals surface area contributed by atoms with Gasteiger partial charge in [-0.1, -0.05) is 6.07 Å². The molecular weight excluding hydrogens is 209 g/mol. The van der Waals surface area contributed by atoms with Crippen molar-refractivity contribution in [3.8, 4) is 5.75 Å². The molecule has 1 aromatic carbocycles. The monoisotopic (exact) mass is 227 g/mol. The van der Waals surface area contributed by atoms with Crippen LogP contribution >= 0.6 is 0 Å². The van der Waals surface area contributed by atoms with Crippen molar-refractivity contribution >= 4 is 0 Å². The lowest BCUT2D eigenvalue weighted by atomic mass is 9.97. The molecule has 0 bridgehead atoms. The van der Waals surface area contributed by atoms with E-state index in [1.807, 2.05) is 6.92 Å². The highest BCUT2D eigenvalue weighted by molar-refractivity contribution is 5.22. The van der Waals surface area contributed by atoms with Gasteiger partial charge in [0.25, 0.3) is 0 Å². The smallest absolute Gasteiger partial charge is 0.126 e. The lowest BCUT2D eigenvalue weighted by Crippen LogP contribution is -2.43. The number of nitrogens with two attached hydrogens (primary N) is 1. The maximum Gasteiger partial charge on any atom is 0.126 e. The zero-order valence-electron chi connectivity index (χ0n) is 9.61. The first-order valence-corrected chi connectivity index (χ1v) is 5.25. The largest absolute Gasteiger partial charge is 0.491 e. The van der Waals surface area contributed by atoms with Crippen molar-refractivity contribution in [3.05, 3.63) is 30.1 Å². The van der Waals surface area contributed by atoms with Gasteiger partial charge in [-0.25, -0.2) is 4.39 Å². The average Bonchev–Trinajstić information content (AvgIpc) is 2.16. The van der Waals surface area contributed by atoms with Crippen molar-refractivity contribution < 1.29 is 14.2 Å². The van der Waals surface area contributed by atoms with Gasteiger partial charge in [-0.2, -0.15) is 0 Å². The van der Waals surface area contributed by atoms with Gasteiger partial charge in [0.05, 0.1) is 12.7 Å². The molecule has 4 heteroatoms. The minimum absolute atomic E-state index is 0.107. The molecule has 2 atom stereocenters. The minimum Gasteiger partial charge on any atom is -0.491 e. The summed E-state index contributed by atoms with van der Waals surface area (Å²) < 4.78 is 18.4. The molecule has 1 aromatic rings. The van der Waals surface area contributed by atoms with Crippen LogP contribution in [0.15, 0.2) is 24.3 Å². The highest BCUT2D eigenvalue weighted by Gasteiger charge is 2.21. The quantitative estimate of drug-likeness (QED) is 0.805. The fraction of sp³-hybridized carbons (Fsp3) is 0.500. The van der Waals surface area contributed by atoms with Gasteiger partial charge in [-0.3, -0.25) is 0 Å². The fourth-order valence-corrected chi connectivity index (χ4v) is 1.54. The van der Waals surface area contributed by atoms with Crippen LogP contribution in [0.25, 0.3) is 0 Å². The van der Waals surface area contributed by atoms with Gasteiger partial charge in [0, 0.05) is 18.0 Å². The Bertz CT molecular complexity index is 342. The van der Waals surface area contributed by atoms with Gasteiger partial charge < -0.3 is 15.6 Å². The lowest BCUT2D eigenvalue weighted by Gasteiger charge is -2.26. The van der Waals surface area contributed by atoms with E-state index >= 15 is 0 Å².